The van der Waals surface area contributed by atoms with Crippen molar-refractivity contribution in [3.8, 4) is 0 Å². The number of nitrogens with one attached hydrogen (secondary N) is 1. The first-order valence-corrected chi connectivity index (χ1v) is 12.7. The van der Waals surface area contributed by atoms with E-state index in [4.69, 9.17) is 4.55 Å². The highest BCUT2D eigenvalue weighted by Gasteiger charge is 2.10. The zero-order chi connectivity index (χ0) is 24.0. The fourth-order valence-corrected chi connectivity index (χ4v) is 4.11. The van der Waals surface area contributed by atoms with E-state index in [0.29, 0.717) is 24.3 Å². The van der Waals surface area contributed by atoms with Gasteiger partial charge in [0, 0.05) is 44.0 Å². The highest BCUT2D eigenvalue weighted by atomic mass is 32.2. The Labute approximate surface area is 204 Å². The molecular weight excluding hydrogens is 448 g/mol. The van der Waals surface area contributed by atoms with Gasteiger partial charge in [-0.15, -0.1) is 0 Å². The van der Waals surface area contributed by atoms with E-state index >= 15 is 0 Å². The summed E-state index contributed by atoms with van der Waals surface area (Å²) in [6.45, 7) is 2.40. The van der Waals surface area contributed by atoms with Gasteiger partial charge in [0.1, 0.15) is 5.78 Å². The molecular formula is C26H32N4O3S. The van der Waals surface area contributed by atoms with Crippen molar-refractivity contribution in [2.75, 3.05) is 11.3 Å². The Morgan fingerprint density at radius 1 is 0.853 bits per heavy atom. The van der Waals surface area contributed by atoms with Crippen LogP contribution in [0.2, 0.25) is 0 Å². The van der Waals surface area contributed by atoms with Gasteiger partial charge in [0.25, 0.3) is 11.3 Å². The van der Waals surface area contributed by atoms with E-state index in [2.05, 4.69) is 19.6 Å². The van der Waals surface area contributed by atoms with Crippen LogP contribution >= 0.6 is 0 Å². The maximum Gasteiger partial charge on any atom is 0.259 e. The van der Waals surface area contributed by atoms with Crippen molar-refractivity contribution in [2.24, 2.45) is 0 Å². The summed E-state index contributed by atoms with van der Waals surface area (Å²) >= 11 is -2.07. The smallest absolute Gasteiger partial charge is 0.259 e. The Bertz CT molecular complexity index is 976. The van der Waals surface area contributed by atoms with Gasteiger partial charge in [0.2, 0.25) is 0 Å². The Morgan fingerprint density at radius 3 is 2.03 bits per heavy atom. The van der Waals surface area contributed by atoms with E-state index in [1.54, 1.807) is 12.1 Å². The lowest BCUT2D eigenvalue weighted by Crippen LogP contribution is -2.25. The number of pyridine rings is 2. The molecule has 1 atom stereocenters. The molecule has 1 aromatic carbocycles. The molecule has 3 aromatic rings. The number of hydrogen-bond donors (Lipinski definition) is 2. The first kappa shape index (κ1) is 25.7. The fourth-order valence-electron chi connectivity index (χ4n) is 3.77. The molecule has 1 unspecified atom stereocenters. The van der Waals surface area contributed by atoms with E-state index < -0.39 is 11.3 Å². The first-order chi connectivity index (χ1) is 16.6. The molecule has 0 aliphatic rings. The van der Waals surface area contributed by atoms with Crippen molar-refractivity contribution in [1.82, 2.24) is 14.9 Å². The molecule has 0 aliphatic carbocycles. The molecule has 180 valence electrons. The second-order valence-corrected chi connectivity index (χ2v) is 8.95. The van der Waals surface area contributed by atoms with E-state index in [9.17, 15) is 9.00 Å². The van der Waals surface area contributed by atoms with Crippen LogP contribution < -0.4 is 4.72 Å². The van der Waals surface area contributed by atoms with Gasteiger partial charge in [-0.25, -0.2) is 4.21 Å². The lowest BCUT2D eigenvalue weighted by molar-refractivity contribution is -0.119. The second kappa shape index (κ2) is 14.3. The van der Waals surface area contributed by atoms with Gasteiger partial charge in [0.05, 0.1) is 11.4 Å². The number of Topliss-reactive ketones (excluding diaryl/α,β-unsaturated/α-hetero) is 1. The predicted molar refractivity (Wildman–Crippen MR) is 135 cm³/mol. The third-order valence-electron chi connectivity index (χ3n) is 5.48. The number of carbonyl (C=O) groups excluding carboxylic acids is 1. The molecule has 0 fully saturated rings. The molecule has 0 saturated heterocycles. The summed E-state index contributed by atoms with van der Waals surface area (Å²) in [6.07, 6.45) is 8.26. The average Bonchev–Trinajstić information content (AvgIpc) is 2.84. The van der Waals surface area contributed by atoms with Crippen molar-refractivity contribution in [3.63, 3.8) is 0 Å². The number of hydrogen-bond acceptors (Lipinski definition) is 5. The number of aryl methyl sites for hydroxylation is 1. The maximum atomic E-state index is 12.3. The van der Waals surface area contributed by atoms with E-state index in [-0.39, 0.29) is 0 Å². The molecule has 7 nitrogen and oxygen atoms in total. The SMILES string of the molecule is O=C(CCCCN(Cc1ccccn1)Cc1ccccn1)CCCc1ccc(NS(=O)O)cc1. The summed E-state index contributed by atoms with van der Waals surface area (Å²) in [7, 11) is 0. The lowest BCUT2D eigenvalue weighted by Gasteiger charge is -2.21. The minimum atomic E-state index is -2.07. The molecule has 8 heteroatoms. The average molecular weight is 481 g/mol. The summed E-state index contributed by atoms with van der Waals surface area (Å²) in [6, 6.07) is 19.3. The van der Waals surface area contributed by atoms with Crippen molar-refractivity contribution in [1.29, 1.82) is 0 Å². The summed E-state index contributed by atoms with van der Waals surface area (Å²) < 4.78 is 22.0. The van der Waals surface area contributed by atoms with Gasteiger partial charge >= 0.3 is 0 Å². The number of rotatable bonds is 15. The molecule has 3 rings (SSSR count). The number of unbranched alkanes of at least 4 members (excludes halogenated alkanes) is 1. The van der Waals surface area contributed by atoms with Crippen LogP contribution in [0.4, 0.5) is 5.69 Å². The van der Waals surface area contributed by atoms with Crippen LogP contribution in [0.25, 0.3) is 0 Å². The third kappa shape index (κ3) is 9.91. The van der Waals surface area contributed by atoms with Gasteiger partial charge < -0.3 is 0 Å². The summed E-state index contributed by atoms with van der Waals surface area (Å²) in [5, 5.41) is 0. The largest absolute Gasteiger partial charge is 0.300 e. The molecule has 34 heavy (non-hydrogen) atoms. The molecule has 2 N–H and O–H groups in total. The van der Waals surface area contributed by atoms with Gasteiger partial charge in [0.15, 0.2) is 0 Å². The van der Waals surface area contributed by atoms with Crippen LogP contribution in [-0.4, -0.2) is 36.0 Å². The predicted octanol–water partition coefficient (Wildman–Crippen LogP) is 4.79. The van der Waals surface area contributed by atoms with Crippen LogP contribution in [0.3, 0.4) is 0 Å². The molecule has 0 saturated carbocycles. The van der Waals surface area contributed by atoms with E-state index in [1.165, 1.54) is 0 Å². The van der Waals surface area contributed by atoms with Crippen LogP contribution in [0.1, 0.15) is 49.1 Å². The zero-order valence-electron chi connectivity index (χ0n) is 19.3. The van der Waals surface area contributed by atoms with E-state index in [1.807, 2.05) is 60.9 Å². The topological polar surface area (TPSA) is 95.4 Å². The van der Waals surface area contributed by atoms with Crippen LogP contribution in [0.15, 0.2) is 73.1 Å². The third-order valence-corrected chi connectivity index (χ3v) is 5.89. The van der Waals surface area contributed by atoms with Crippen LogP contribution in [0.5, 0.6) is 0 Å². The maximum absolute atomic E-state index is 12.3. The summed E-state index contributed by atoms with van der Waals surface area (Å²) in [5.41, 5.74) is 3.77. The van der Waals surface area contributed by atoms with E-state index in [0.717, 1.165) is 62.3 Å². The molecule has 2 aromatic heterocycles. The number of aromatic nitrogens is 2. The van der Waals surface area contributed by atoms with Crippen LogP contribution in [0, 0.1) is 0 Å². The Balaban J connectivity index is 1.36. The number of ketones is 1. The molecule has 0 amide bonds. The Morgan fingerprint density at radius 2 is 1.47 bits per heavy atom. The number of benzene rings is 1. The second-order valence-electron chi connectivity index (χ2n) is 8.25. The highest BCUT2D eigenvalue weighted by molar-refractivity contribution is 7.80. The fraction of sp³-hybridized carbons (Fsp3) is 0.346. The normalized spacial score (nSPS) is 11.9. The molecule has 2 heterocycles. The van der Waals surface area contributed by atoms with Crippen LogP contribution in [-0.2, 0) is 35.6 Å². The quantitative estimate of drug-likeness (QED) is 0.240. The number of nitrogens with zero attached hydrogens (tertiary/aromatic N) is 3. The van der Waals surface area contributed by atoms with Crippen molar-refractivity contribution in [2.45, 2.75) is 51.6 Å². The minimum Gasteiger partial charge on any atom is -0.300 e. The van der Waals surface area contributed by atoms with Crippen molar-refractivity contribution < 1.29 is 13.6 Å². The Hall–Kier alpha value is -2.94. The lowest BCUT2D eigenvalue weighted by atomic mass is 10.0. The summed E-state index contributed by atoms with van der Waals surface area (Å²) in [5.74, 6) is 0.301. The molecule has 0 bridgehead atoms. The van der Waals surface area contributed by atoms with Gasteiger partial charge in [-0.1, -0.05) is 24.3 Å². The van der Waals surface area contributed by atoms with Crippen molar-refractivity contribution in [3.05, 3.63) is 90.0 Å². The van der Waals surface area contributed by atoms with Gasteiger partial charge in [-0.3, -0.25) is 28.9 Å². The summed E-state index contributed by atoms with van der Waals surface area (Å²) in [4.78, 5) is 23.6. The van der Waals surface area contributed by atoms with Gasteiger partial charge in [-0.2, -0.15) is 0 Å². The van der Waals surface area contributed by atoms with Crippen molar-refractivity contribution >= 4 is 22.7 Å². The Kier molecular flexibility index (Phi) is 10.8. The molecule has 0 radical (unpaired) electrons. The number of carbonyl (C=O) groups is 1. The molecule has 0 spiro atoms. The minimum absolute atomic E-state index is 0.301. The first-order valence-electron chi connectivity index (χ1n) is 11.6. The highest BCUT2D eigenvalue weighted by Crippen LogP contribution is 2.14. The molecule has 0 aliphatic heterocycles. The van der Waals surface area contributed by atoms with Gasteiger partial charge in [-0.05, 0) is 74.2 Å². The number of anilines is 1. The standard InChI is InChI=1S/C26H32N4O3S/c31-26(12-7-8-22-13-15-23(16-14-22)29-34(32)33)11-3-6-19-30(20-24-9-1-4-17-27-24)21-25-10-2-5-18-28-25/h1-2,4-5,9-10,13-18,29H,3,6-8,11-12,19-21H2,(H,32,33). The monoisotopic (exact) mass is 480 g/mol. The zero-order valence-corrected chi connectivity index (χ0v) is 20.1.